The molecule has 86 valence electrons. The van der Waals surface area contributed by atoms with Crippen LogP contribution in [0.4, 0.5) is 0 Å². The van der Waals surface area contributed by atoms with Gasteiger partial charge in [-0.15, -0.1) is 0 Å². The normalized spacial score (nSPS) is 12.6. The number of nitrogens with one attached hydrogen (secondary N) is 1. The first-order chi connectivity index (χ1) is 7.79. The Kier molecular flexibility index (Phi) is 3.93. The maximum absolute atomic E-state index is 5.07. The number of ether oxygens (including phenoxy) is 1. The summed E-state index contributed by atoms with van der Waals surface area (Å²) in [6, 6.07) is 4.43. The van der Waals surface area contributed by atoms with Gasteiger partial charge >= 0.3 is 0 Å². The summed E-state index contributed by atoms with van der Waals surface area (Å²) >= 11 is 3.21. The van der Waals surface area contributed by atoms with Crippen LogP contribution in [0, 0.1) is 0 Å². The molecular weight excluding hydrogens is 240 g/mol. The highest BCUT2D eigenvalue weighted by atomic mass is 32.1. The molecule has 2 aromatic rings. The summed E-state index contributed by atoms with van der Waals surface area (Å²) in [5.74, 6) is 0.698. The summed E-state index contributed by atoms with van der Waals surface area (Å²) in [6.45, 7) is 3.03. The Morgan fingerprint density at radius 1 is 1.56 bits per heavy atom. The molecule has 0 saturated heterocycles. The van der Waals surface area contributed by atoms with E-state index in [4.69, 9.17) is 4.74 Å². The van der Waals surface area contributed by atoms with Crippen molar-refractivity contribution in [3.63, 3.8) is 0 Å². The Hall–Kier alpha value is -0.910. The van der Waals surface area contributed by atoms with E-state index >= 15 is 0 Å². The molecule has 0 fully saturated rings. The first-order valence-corrected chi connectivity index (χ1v) is 6.76. The second kappa shape index (κ2) is 5.43. The summed E-state index contributed by atoms with van der Waals surface area (Å²) in [6.07, 6.45) is 0. The molecule has 0 aliphatic rings. The zero-order chi connectivity index (χ0) is 11.4. The molecule has 0 aliphatic carbocycles. The zero-order valence-electron chi connectivity index (χ0n) is 9.27. The van der Waals surface area contributed by atoms with Crippen molar-refractivity contribution in [3.05, 3.63) is 33.3 Å². The number of rotatable bonds is 5. The molecule has 2 aromatic heterocycles. The Morgan fingerprint density at radius 3 is 3.06 bits per heavy atom. The Balaban J connectivity index is 1.90. The van der Waals surface area contributed by atoms with Crippen molar-refractivity contribution in [1.29, 1.82) is 0 Å². The fraction of sp³-hybridized carbons (Fsp3) is 0.364. The molecule has 1 atom stereocenters. The largest absolute Gasteiger partial charge is 0.480 e. The minimum atomic E-state index is 0.307. The standard InChI is InChI=1S/C11H14N2OS2/c1-8(10-5-11(14-2)13-16-10)12-6-9-3-4-15-7-9/h3-5,7-8,12H,6H2,1-2H3. The molecule has 0 amide bonds. The van der Waals surface area contributed by atoms with Crippen molar-refractivity contribution in [3.8, 4) is 5.88 Å². The predicted octanol–water partition coefficient (Wildman–Crippen LogP) is 3.06. The van der Waals surface area contributed by atoms with Gasteiger partial charge in [0.15, 0.2) is 0 Å². The highest BCUT2D eigenvalue weighted by Crippen LogP contribution is 2.23. The quantitative estimate of drug-likeness (QED) is 0.890. The van der Waals surface area contributed by atoms with Crippen LogP contribution in [-0.4, -0.2) is 11.5 Å². The van der Waals surface area contributed by atoms with Gasteiger partial charge in [-0.2, -0.15) is 15.7 Å². The van der Waals surface area contributed by atoms with Gasteiger partial charge in [-0.3, -0.25) is 0 Å². The van der Waals surface area contributed by atoms with Gasteiger partial charge in [-0.05, 0) is 40.8 Å². The van der Waals surface area contributed by atoms with Gasteiger partial charge < -0.3 is 10.1 Å². The average Bonchev–Trinajstić information content (AvgIpc) is 2.96. The highest BCUT2D eigenvalue weighted by Gasteiger charge is 2.09. The molecule has 1 unspecified atom stereocenters. The SMILES string of the molecule is COc1cc(C(C)NCc2ccsc2)sn1. The first kappa shape index (κ1) is 11.6. The van der Waals surface area contributed by atoms with E-state index in [1.807, 2.05) is 6.07 Å². The van der Waals surface area contributed by atoms with E-state index in [1.165, 1.54) is 22.0 Å². The second-order valence-electron chi connectivity index (χ2n) is 3.51. The van der Waals surface area contributed by atoms with Crippen LogP contribution >= 0.6 is 22.9 Å². The van der Waals surface area contributed by atoms with E-state index in [2.05, 4.69) is 33.4 Å². The lowest BCUT2D eigenvalue weighted by Gasteiger charge is -2.10. The van der Waals surface area contributed by atoms with Gasteiger partial charge in [0.25, 0.3) is 0 Å². The van der Waals surface area contributed by atoms with Gasteiger partial charge in [-0.1, -0.05) is 0 Å². The Bertz CT molecular complexity index is 425. The number of aromatic nitrogens is 1. The molecule has 16 heavy (non-hydrogen) atoms. The number of methoxy groups -OCH3 is 1. The average molecular weight is 254 g/mol. The van der Waals surface area contributed by atoms with E-state index < -0.39 is 0 Å². The van der Waals surface area contributed by atoms with Crippen molar-refractivity contribution >= 4 is 22.9 Å². The van der Waals surface area contributed by atoms with Gasteiger partial charge in [0.05, 0.1) is 7.11 Å². The maximum atomic E-state index is 5.07. The third-order valence-corrected chi connectivity index (χ3v) is 4.02. The van der Waals surface area contributed by atoms with Gasteiger partial charge in [0, 0.05) is 23.5 Å². The molecule has 2 heterocycles. The lowest BCUT2D eigenvalue weighted by molar-refractivity contribution is 0.402. The summed E-state index contributed by atoms with van der Waals surface area (Å²) in [4.78, 5) is 1.20. The molecule has 0 bridgehead atoms. The van der Waals surface area contributed by atoms with Crippen LogP contribution in [-0.2, 0) is 6.54 Å². The highest BCUT2D eigenvalue weighted by molar-refractivity contribution is 7.08. The minimum Gasteiger partial charge on any atom is -0.480 e. The molecule has 0 saturated carbocycles. The van der Waals surface area contributed by atoms with E-state index in [0.717, 1.165) is 6.54 Å². The topological polar surface area (TPSA) is 34.1 Å². The van der Waals surface area contributed by atoms with Gasteiger partial charge in [0.2, 0.25) is 5.88 Å². The fourth-order valence-corrected chi connectivity index (χ4v) is 2.72. The van der Waals surface area contributed by atoms with Crippen LogP contribution in [0.25, 0.3) is 0 Å². The number of nitrogens with zero attached hydrogens (tertiary/aromatic N) is 1. The first-order valence-electron chi connectivity index (χ1n) is 5.04. The fourth-order valence-electron chi connectivity index (χ4n) is 1.34. The number of hydrogen-bond acceptors (Lipinski definition) is 5. The molecule has 0 spiro atoms. The molecule has 0 aromatic carbocycles. The third-order valence-electron chi connectivity index (χ3n) is 2.34. The van der Waals surface area contributed by atoms with Gasteiger partial charge in [-0.25, -0.2) is 0 Å². The molecular formula is C11H14N2OS2. The van der Waals surface area contributed by atoms with E-state index in [-0.39, 0.29) is 0 Å². The van der Waals surface area contributed by atoms with Crippen molar-refractivity contribution in [2.24, 2.45) is 0 Å². The summed E-state index contributed by atoms with van der Waals surface area (Å²) in [7, 11) is 1.64. The molecule has 2 rings (SSSR count). The number of thiophene rings is 1. The molecule has 1 N–H and O–H groups in total. The van der Waals surface area contributed by atoms with Crippen molar-refractivity contribution < 1.29 is 4.74 Å². The molecule has 5 heteroatoms. The second-order valence-corrected chi connectivity index (χ2v) is 5.12. The maximum Gasteiger partial charge on any atom is 0.225 e. The zero-order valence-corrected chi connectivity index (χ0v) is 10.9. The lowest BCUT2D eigenvalue weighted by Crippen LogP contribution is -2.16. The minimum absolute atomic E-state index is 0.307. The smallest absolute Gasteiger partial charge is 0.225 e. The van der Waals surface area contributed by atoms with Gasteiger partial charge in [0.1, 0.15) is 0 Å². The van der Waals surface area contributed by atoms with Crippen molar-refractivity contribution in [1.82, 2.24) is 9.69 Å². The van der Waals surface area contributed by atoms with E-state index in [0.29, 0.717) is 11.9 Å². The van der Waals surface area contributed by atoms with E-state index in [9.17, 15) is 0 Å². The third kappa shape index (κ3) is 2.81. The van der Waals surface area contributed by atoms with E-state index in [1.54, 1.807) is 18.4 Å². The Labute approximate surface area is 103 Å². The Morgan fingerprint density at radius 2 is 2.44 bits per heavy atom. The van der Waals surface area contributed by atoms with Crippen LogP contribution in [0.2, 0.25) is 0 Å². The summed E-state index contributed by atoms with van der Waals surface area (Å²) < 4.78 is 9.25. The molecule has 0 aliphatic heterocycles. The van der Waals surface area contributed by atoms with Crippen LogP contribution in [0.3, 0.4) is 0 Å². The van der Waals surface area contributed by atoms with Crippen molar-refractivity contribution in [2.45, 2.75) is 19.5 Å². The monoisotopic (exact) mass is 254 g/mol. The summed E-state index contributed by atoms with van der Waals surface area (Å²) in [5.41, 5.74) is 1.33. The van der Waals surface area contributed by atoms with Crippen LogP contribution in [0.15, 0.2) is 22.9 Å². The van der Waals surface area contributed by atoms with Crippen LogP contribution < -0.4 is 10.1 Å². The van der Waals surface area contributed by atoms with Crippen LogP contribution in [0.5, 0.6) is 5.88 Å². The molecule has 3 nitrogen and oxygen atoms in total. The lowest BCUT2D eigenvalue weighted by atomic mass is 10.2. The van der Waals surface area contributed by atoms with Crippen LogP contribution in [0.1, 0.15) is 23.4 Å². The predicted molar refractivity (Wildman–Crippen MR) is 68.2 cm³/mol. The number of hydrogen-bond donors (Lipinski definition) is 1. The molecule has 0 radical (unpaired) electrons. The van der Waals surface area contributed by atoms with Crippen molar-refractivity contribution in [2.75, 3.05) is 7.11 Å². The summed E-state index contributed by atoms with van der Waals surface area (Å²) in [5, 5.41) is 7.71.